The molecule has 3 N–H and O–H groups in total. The third kappa shape index (κ3) is 7.16. The summed E-state index contributed by atoms with van der Waals surface area (Å²) in [5, 5.41) is 15.5. The van der Waals surface area contributed by atoms with E-state index in [1.54, 1.807) is 11.8 Å². The summed E-state index contributed by atoms with van der Waals surface area (Å²) in [4.78, 5) is 26.4. The predicted molar refractivity (Wildman–Crippen MR) is 180 cm³/mol. The molecule has 2 aromatic heterocycles. The van der Waals surface area contributed by atoms with Crippen LogP contribution in [0.1, 0.15) is 19.3 Å². The molecule has 3 aliphatic rings. The van der Waals surface area contributed by atoms with Crippen LogP contribution in [0.3, 0.4) is 0 Å². The minimum atomic E-state index is -1.21. The van der Waals surface area contributed by atoms with E-state index in [2.05, 4.69) is 57.1 Å². The van der Waals surface area contributed by atoms with Gasteiger partial charge in [-0.15, -0.1) is 0 Å². The normalized spacial score (nSPS) is 18.9. The third-order valence-electron chi connectivity index (χ3n) is 8.43. The molecule has 2 bridgehead atoms. The Morgan fingerprint density at radius 3 is 2.52 bits per heavy atom. The van der Waals surface area contributed by atoms with Gasteiger partial charge >= 0.3 is 0 Å². The molecule has 1 aromatic carbocycles. The number of aromatic nitrogens is 4. The molecule has 1 amide bonds. The van der Waals surface area contributed by atoms with Crippen molar-refractivity contribution in [1.29, 1.82) is 0 Å². The van der Waals surface area contributed by atoms with Crippen LogP contribution < -0.4 is 25.6 Å². The third-order valence-corrected chi connectivity index (χ3v) is 10.1. The average molecular weight is 622 g/mol. The molecule has 0 saturated heterocycles. The van der Waals surface area contributed by atoms with Crippen molar-refractivity contribution in [2.75, 3.05) is 68.8 Å². The molecule has 0 unspecified atom stereocenters. The summed E-state index contributed by atoms with van der Waals surface area (Å²) in [6.07, 6.45) is 6.57. The minimum Gasteiger partial charge on any atom is -0.494 e. The van der Waals surface area contributed by atoms with Gasteiger partial charge in [-0.2, -0.15) is 15.1 Å². The number of rotatable bonds is 16. The number of carbonyl (C=O) groups is 1. The number of carbonyl (C=O) groups excluding carboxylic acids is 1. The largest absolute Gasteiger partial charge is 0.494 e. The first-order chi connectivity index (χ1) is 20.9. The van der Waals surface area contributed by atoms with Crippen molar-refractivity contribution in [3.63, 3.8) is 0 Å². The predicted octanol–water partition coefficient (Wildman–Crippen LogP) is 4.98. The van der Waals surface area contributed by atoms with Gasteiger partial charge in [-0.25, -0.2) is 4.68 Å². The lowest BCUT2D eigenvalue weighted by Crippen LogP contribution is -2.63. The van der Waals surface area contributed by atoms with Crippen molar-refractivity contribution < 1.29 is 14.3 Å². The van der Waals surface area contributed by atoms with Crippen LogP contribution in [0.5, 0.6) is 5.75 Å². The number of anilines is 5. The maximum absolute atomic E-state index is 12.4. The van der Waals surface area contributed by atoms with E-state index in [4.69, 9.17) is 19.4 Å². The lowest BCUT2D eigenvalue weighted by Gasteiger charge is -2.62. The number of fused-ring (bicyclic) bond motifs is 1. The van der Waals surface area contributed by atoms with Crippen molar-refractivity contribution in [3.8, 4) is 5.75 Å². The summed E-state index contributed by atoms with van der Waals surface area (Å²) in [5.74, 6) is 2.26. The van der Waals surface area contributed by atoms with E-state index in [0.29, 0.717) is 42.1 Å². The molecule has 0 radical (unpaired) electrons. The molecule has 0 aliphatic heterocycles. The van der Waals surface area contributed by atoms with Crippen LogP contribution in [-0.2, 0) is 16.3 Å². The molecule has 0 spiro atoms. The molecule has 0 atom stereocenters. The van der Waals surface area contributed by atoms with Gasteiger partial charge in [-0.1, -0.05) is 26.2 Å². The van der Waals surface area contributed by atoms with Crippen molar-refractivity contribution in [2.24, 2.45) is 5.92 Å². The van der Waals surface area contributed by atoms with E-state index in [0.717, 1.165) is 61.2 Å². The maximum Gasteiger partial charge on any atom is 0.247 e. The first kappa shape index (κ1) is 31.7. The van der Waals surface area contributed by atoms with E-state index in [9.17, 15) is 4.79 Å². The molecule has 44 heavy (non-hydrogen) atoms. The second-order valence-electron chi connectivity index (χ2n) is 13.6. The van der Waals surface area contributed by atoms with E-state index in [1.165, 1.54) is 6.08 Å². The minimum absolute atomic E-state index is 0.109. The van der Waals surface area contributed by atoms with Crippen LogP contribution >= 0.6 is 0 Å². The van der Waals surface area contributed by atoms with E-state index in [1.807, 2.05) is 39.5 Å². The number of likely N-dealkylation sites (N-methyl/N-ethyl adjacent to an activating group) is 2. The summed E-state index contributed by atoms with van der Waals surface area (Å²) >= 11 is 0. The van der Waals surface area contributed by atoms with E-state index >= 15 is 0 Å². The molecule has 3 fully saturated rings. The van der Waals surface area contributed by atoms with Crippen molar-refractivity contribution in [2.45, 2.75) is 57.2 Å². The van der Waals surface area contributed by atoms with Gasteiger partial charge in [0.25, 0.3) is 0 Å². The molecule has 13 heteroatoms. The van der Waals surface area contributed by atoms with Gasteiger partial charge in [0, 0.05) is 46.4 Å². The molecule has 6 rings (SSSR count). The van der Waals surface area contributed by atoms with Gasteiger partial charge < -0.3 is 35.2 Å². The van der Waals surface area contributed by atoms with E-state index in [-0.39, 0.29) is 11.4 Å². The Bertz CT molecular complexity index is 1500. The number of benzene rings is 1. The quantitative estimate of drug-likeness (QED) is 0.115. The smallest absolute Gasteiger partial charge is 0.247 e. The fourth-order valence-corrected chi connectivity index (χ4v) is 6.40. The van der Waals surface area contributed by atoms with Crippen LogP contribution in [0, 0.1) is 5.92 Å². The Hall–Kier alpha value is -3.68. The van der Waals surface area contributed by atoms with E-state index < -0.39 is 8.07 Å². The summed E-state index contributed by atoms with van der Waals surface area (Å²) < 4.78 is 13.6. The first-order valence-corrected chi connectivity index (χ1v) is 19.0. The van der Waals surface area contributed by atoms with Crippen molar-refractivity contribution in [3.05, 3.63) is 31.0 Å². The second kappa shape index (κ2) is 12.7. The molecule has 238 valence electrons. The Morgan fingerprint density at radius 2 is 1.91 bits per heavy atom. The number of nitrogens with one attached hydrogen (secondary N) is 3. The number of nitrogens with zero attached hydrogens (tertiary/aromatic N) is 6. The number of hydrogen-bond donors (Lipinski definition) is 3. The highest BCUT2D eigenvalue weighted by Crippen LogP contribution is 2.58. The zero-order valence-electron chi connectivity index (χ0n) is 27.2. The monoisotopic (exact) mass is 621 g/mol. The average Bonchev–Trinajstić information content (AvgIpc) is 3.33. The lowest BCUT2D eigenvalue weighted by molar-refractivity contribution is -0.111. The highest BCUT2D eigenvalue weighted by Gasteiger charge is 2.57. The zero-order valence-corrected chi connectivity index (χ0v) is 28.2. The maximum atomic E-state index is 12.4. The van der Waals surface area contributed by atoms with Gasteiger partial charge in [-0.3, -0.25) is 4.79 Å². The molecule has 3 aromatic rings. The Balaban J connectivity index is 1.48. The van der Waals surface area contributed by atoms with Crippen LogP contribution in [-0.4, -0.2) is 92.1 Å². The number of methoxy groups -OCH3 is 1. The molecular weight excluding hydrogens is 574 g/mol. The fourth-order valence-electron chi connectivity index (χ4n) is 5.64. The van der Waals surface area contributed by atoms with Gasteiger partial charge in [0.1, 0.15) is 18.3 Å². The number of hydrogen-bond acceptors (Lipinski definition) is 10. The van der Waals surface area contributed by atoms with Crippen LogP contribution in [0.4, 0.5) is 28.8 Å². The topological polar surface area (TPSA) is 122 Å². The van der Waals surface area contributed by atoms with Crippen molar-refractivity contribution in [1.82, 2.24) is 24.6 Å². The Kier molecular flexibility index (Phi) is 9.19. The van der Waals surface area contributed by atoms with Crippen LogP contribution in [0.2, 0.25) is 25.7 Å². The van der Waals surface area contributed by atoms with Gasteiger partial charge in [0.15, 0.2) is 5.65 Å². The standard InChI is InChI=1S/C31H47N9O3Si/c1-9-27(41)33-23-14-24(26(42-5)15-25(23)39(4)11-10-38(2)3)34-30-35-28(37-31-16-21(17-31)18-31)22-19-32-40(29(22)36-30)20-43-12-13-44(6,7)8/h9,14-15,19,21H,1,10-13,16-18,20H2,2-8H3,(H,33,41)(H2,34,35,36,37). The second-order valence-corrected chi connectivity index (χ2v) is 19.2. The molecule has 2 heterocycles. The van der Waals surface area contributed by atoms with Gasteiger partial charge in [-0.05, 0) is 57.5 Å². The van der Waals surface area contributed by atoms with Gasteiger partial charge in [0.05, 0.1) is 35.8 Å². The van der Waals surface area contributed by atoms with Crippen molar-refractivity contribution >= 4 is 53.8 Å². The van der Waals surface area contributed by atoms with Gasteiger partial charge in [0.2, 0.25) is 11.9 Å². The highest BCUT2D eigenvalue weighted by atomic mass is 28.3. The fraction of sp³-hybridized carbons (Fsp3) is 0.548. The number of amides is 1. The highest BCUT2D eigenvalue weighted by molar-refractivity contribution is 6.76. The van der Waals surface area contributed by atoms with Crippen LogP contribution in [0.25, 0.3) is 11.0 Å². The summed E-state index contributed by atoms with van der Waals surface area (Å²) in [6.45, 7) is 13.2. The summed E-state index contributed by atoms with van der Waals surface area (Å²) in [6, 6.07) is 4.84. The number of ether oxygens (including phenoxy) is 2. The lowest BCUT2D eigenvalue weighted by atomic mass is 9.50. The molecule has 3 saturated carbocycles. The Morgan fingerprint density at radius 1 is 1.16 bits per heavy atom. The molecule has 3 aliphatic carbocycles. The SMILES string of the molecule is C=CC(=O)Nc1cc(Nc2nc(NC34CC(C3)C4)c3cnn(COCC[Si](C)(C)C)c3n2)c(OC)cc1N(C)CCN(C)C. The Labute approximate surface area is 261 Å². The summed E-state index contributed by atoms with van der Waals surface area (Å²) in [7, 11) is 6.46. The van der Waals surface area contributed by atoms with Crippen LogP contribution in [0.15, 0.2) is 31.0 Å². The zero-order chi connectivity index (χ0) is 31.6. The molecule has 12 nitrogen and oxygen atoms in total. The summed E-state index contributed by atoms with van der Waals surface area (Å²) in [5.41, 5.74) is 2.85. The first-order valence-electron chi connectivity index (χ1n) is 15.3. The molecular formula is C31H47N9O3Si.